The number of carbonyl (C=O) groups is 2. The summed E-state index contributed by atoms with van der Waals surface area (Å²) in [7, 11) is 0. The van der Waals surface area contributed by atoms with Crippen molar-refractivity contribution in [2.45, 2.75) is 32.1 Å². The lowest BCUT2D eigenvalue weighted by Gasteiger charge is -2.05. The minimum atomic E-state index is -0.773. The Bertz CT molecular complexity index is 460. The zero-order chi connectivity index (χ0) is 15.0. The predicted molar refractivity (Wildman–Crippen MR) is 77.3 cm³/mol. The standard InChI is InChI=1S/C13H16Cl2N2O3/c14-10-7-9(8-11(15)17-10)13(20)16-6-4-2-1-3-5-12(18)19/h7-8H,1-6H2,(H,16,20)(H,18,19). The van der Waals surface area contributed by atoms with Gasteiger partial charge in [0.15, 0.2) is 0 Å². The highest BCUT2D eigenvalue weighted by molar-refractivity contribution is 6.33. The molecule has 0 atom stereocenters. The first kappa shape index (κ1) is 16.7. The molecule has 0 bridgehead atoms. The van der Waals surface area contributed by atoms with Gasteiger partial charge in [-0.3, -0.25) is 9.59 Å². The molecule has 0 fully saturated rings. The SMILES string of the molecule is O=C(O)CCCCCCNC(=O)c1cc(Cl)nc(Cl)c1. The van der Waals surface area contributed by atoms with Crippen LogP contribution < -0.4 is 5.32 Å². The molecule has 110 valence electrons. The van der Waals surface area contributed by atoms with Gasteiger partial charge in [0.25, 0.3) is 5.91 Å². The van der Waals surface area contributed by atoms with Gasteiger partial charge in [-0.15, -0.1) is 0 Å². The van der Waals surface area contributed by atoms with E-state index in [4.69, 9.17) is 28.3 Å². The zero-order valence-corrected chi connectivity index (χ0v) is 12.4. The van der Waals surface area contributed by atoms with Gasteiger partial charge in [-0.2, -0.15) is 0 Å². The number of rotatable bonds is 8. The molecule has 0 saturated carbocycles. The highest BCUT2D eigenvalue weighted by Crippen LogP contribution is 2.14. The second-order valence-corrected chi connectivity index (χ2v) is 5.09. The molecule has 0 aromatic carbocycles. The molecule has 0 aliphatic rings. The fourth-order valence-electron chi connectivity index (χ4n) is 1.65. The lowest BCUT2D eigenvalue weighted by molar-refractivity contribution is -0.137. The van der Waals surface area contributed by atoms with E-state index in [2.05, 4.69) is 10.3 Å². The Hall–Kier alpha value is -1.33. The molecule has 0 saturated heterocycles. The van der Waals surface area contributed by atoms with E-state index in [-0.39, 0.29) is 22.6 Å². The van der Waals surface area contributed by atoms with Crippen LogP contribution in [0, 0.1) is 0 Å². The van der Waals surface area contributed by atoms with Gasteiger partial charge < -0.3 is 10.4 Å². The van der Waals surface area contributed by atoms with Gasteiger partial charge in [-0.05, 0) is 25.0 Å². The predicted octanol–water partition coefficient (Wildman–Crippen LogP) is 3.15. The molecule has 1 amide bonds. The maximum atomic E-state index is 11.8. The van der Waals surface area contributed by atoms with Crippen molar-refractivity contribution < 1.29 is 14.7 Å². The Morgan fingerprint density at radius 1 is 1.10 bits per heavy atom. The first-order valence-corrected chi connectivity index (χ1v) is 7.07. The smallest absolute Gasteiger partial charge is 0.303 e. The second kappa shape index (κ2) is 8.76. The number of carbonyl (C=O) groups excluding carboxylic acids is 1. The Morgan fingerprint density at radius 3 is 2.30 bits per heavy atom. The molecular weight excluding hydrogens is 303 g/mol. The molecule has 2 N–H and O–H groups in total. The number of carboxylic acid groups (broad SMARTS) is 1. The summed E-state index contributed by atoms with van der Waals surface area (Å²) in [4.78, 5) is 25.9. The van der Waals surface area contributed by atoms with E-state index in [1.54, 1.807) is 0 Å². The number of amides is 1. The summed E-state index contributed by atoms with van der Waals surface area (Å²) in [6.45, 7) is 0.531. The van der Waals surface area contributed by atoms with Crippen LogP contribution in [0.25, 0.3) is 0 Å². The van der Waals surface area contributed by atoms with E-state index in [9.17, 15) is 9.59 Å². The van der Waals surface area contributed by atoms with Crippen molar-refractivity contribution in [1.29, 1.82) is 0 Å². The monoisotopic (exact) mass is 318 g/mol. The van der Waals surface area contributed by atoms with Gasteiger partial charge in [0.2, 0.25) is 0 Å². The first-order chi connectivity index (χ1) is 9.49. The first-order valence-electron chi connectivity index (χ1n) is 6.32. The van der Waals surface area contributed by atoms with Crippen LogP contribution in [0.2, 0.25) is 10.3 Å². The van der Waals surface area contributed by atoms with E-state index < -0.39 is 5.97 Å². The van der Waals surface area contributed by atoms with Crippen molar-refractivity contribution in [1.82, 2.24) is 10.3 Å². The molecule has 0 radical (unpaired) electrons. The molecule has 1 rings (SSSR count). The third-order valence-electron chi connectivity index (χ3n) is 2.63. The molecule has 7 heteroatoms. The number of unbranched alkanes of at least 4 members (excludes halogenated alkanes) is 3. The van der Waals surface area contributed by atoms with Crippen molar-refractivity contribution in [3.8, 4) is 0 Å². The number of nitrogens with zero attached hydrogens (tertiary/aromatic N) is 1. The van der Waals surface area contributed by atoms with Gasteiger partial charge in [-0.25, -0.2) is 4.98 Å². The van der Waals surface area contributed by atoms with Crippen LogP contribution in [0.1, 0.15) is 42.5 Å². The highest BCUT2D eigenvalue weighted by Gasteiger charge is 2.07. The van der Waals surface area contributed by atoms with E-state index in [0.29, 0.717) is 18.5 Å². The number of hydrogen-bond acceptors (Lipinski definition) is 3. The Labute approximate surface area is 127 Å². The van der Waals surface area contributed by atoms with Gasteiger partial charge in [0.05, 0.1) is 0 Å². The molecule has 1 aromatic heterocycles. The molecule has 0 aliphatic heterocycles. The van der Waals surface area contributed by atoms with Crippen LogP contribution in [0.3, 0.4) is 0 Å². The average molecular weight is 319 g/mol. The normalized spacial score (nSPS) is 10.3. The number of halogens is 2. The van der Waals surface area contributed by atoms with Crippen LogP contribution in [-0.4, -0.2) is 28.5 Å². The van der Waals surface area contributed by atoms with Gasteiger partial charge in [-0.1, -0.05) is 36.0 Å². The van der Waals surface area contributed by atoms with Gasteiger partial charge in [0.1, 0.15) is 10.3 Å². The number of carboxylic acids is 1. The quantitative estimate of drug-likeness (QED) is 0.570. The van der Waals surface area contributed by atoms with Crippen molar-refractivity contribution in [2.24, 2.45) is 0 Å². The molecule has 0 aliphatic carbocycles. The number of aromatic nitrogens is 1. The van der Waals surface area contributed by atoms with Crippen LogP contribution in [-0.2, 0) is 4.79 Å². The highest BCUT2D eigenvalue weighted by atomic mass is 35.5. The summed E-state index contributed by atoms with van der Waals surface area (Å²) in [5.41, 5.74) is 0.376. The fourth-order valence-corrected chi connectivity index (χ4v) is 2.12. The molecular formula is C13H16Cl2N2O3. The van der Waals surface area contributed by atoms with Crippen molar-refractivity contribution in [2.75, 3.05) is 6.54 Å². The summed E-state index contributed by atoms with van der Waals surface area (Å²) in [5, 5.41) is 11.6. The topological polar surface area (TPSA) is 79.3 Å². The van der Waals surface area contributed by atoms with E-state index in [0.717, 1.165) is 19.3 Å². The van der Waals surface area contributed by atoms with Crippen LogP contribution in [0.5, 0.6) is 0 Å². The van der Waals surface area contributed by atoms with E-state index in [1.807, 2.05) is 0 Å². The maximum Gasteiger partial charge on any atom is 0.303 e. The minimum absolute atomic E-state index is 0.177. The van der Waals surface area contributed by atoms with Gasteiger partial charge in [0, 0.05) is 18.5 Å². The van der Waals surface area contributed by atoms with Crippen molar-refractivity contribution in [3.63, 3.8) is 0 Å². The number of nitrogens with one attached hydrogen (secondary N) is 1. The summed E-state index contributed by atoms with van der Waals surface area (Å²) in [6, 6.07) is 2.91. The van der Waals surface area contributed by atoms with Crippen LogP contribution in [0.4, 0.5) is 0 Å². The summed E-state index contributed by atoms with van der Waals surface area (Å²) < 4.78 is 0. The number of hydrogen-bond donors (Lipinski definition) is 2. The lowest BCUT2D eigenvalue weighted by atomic mass is 10.1. The molecule has 1 heterocycles. The summed E-state index contributed by atoms with van der Waals surface area (Å²) in [5.74, 6) is -1.02. The Morgan fingerprint density at radius 2 is 1.70 bits per heavy atom. The molecule has 20 heavy (non-hydrogen) atoms. The molecule has 0 spiro atoms. The minimum Gasteiger partial charge on any atom is -0.481 e. The molecule has 0 unspecified atom stereocenters. The molecule has 5 nitrogen and oxygen atoms in total. The van der Waals surface area contributed by atoms with Gasteiger partial charge >= 0.3 is 5.97 Å². The number of pyridine rings is 1. The number of aliphatic carboxylic acids is 1. The maximum absolute atomic E-state index is 11.8. The van der Waals surface area contributed by atoms with Crippen LogP contribution in [0.15, 0.2) is 12.1 Å². The van der Waals surface area contributed by atoms with Crippen molar-refractivity contribution in [3.05, 3.63) is 28.0 Å². The molecule has 1 aromatic rings. The van der Waals surface area contributed by atoms with Crippen LogP contribution >= 0.6 is 23.2 Å². The Balaban J connectivity index is 2.21. The lowest BCUT2D eigenvalue weighted by Crippen LogP contribution is -2.24. The summed E-state index contributed by atoms with van der Waals surface area (Å²) in [6.07, 6.45) is 3.39. The van der Waals surface area contributed by atoms with E-state index >= 15 is 0 Å². The Kier molecular flexibility index (Phi) is 7.33. The third kappa shape index (κ3) is 6.73. The second-order valence-electron chi connectivity index (χ2n) is 4.32. The van der Waals surface area contributed by atoms with E-state index in [1.165, 1.54) is 12.1 Å². The largest absolute Gasteiger partial charge is 0.481 e. The third-order valence-corrected chi connectivity index (χ3v) is 3.02. The summed E-state index contributed by atoms with van der Waals surface area (Å²) >= 11 is 11.4. The fraction of sp³-hybridized carbons (Fsp3) is 0.462. The zero-order valence-electron chi connectivity index (χ0n) is 10.9. The van der Waals surface area contributed by atoms with Crippen molar-refractivity contribution >= 4 is 35.1 Å². The average Bonchev–Trinajstić information content (AvgIpc) is 2.35.